The first kappa shape index (κ1) is 9.00. The minimum absolute atomic E-state index is 0.997. The van der Waals surface area contributed by atoms with E-state index in [1.807, 2.05) is 12.3 Å². The van der Waals surface area contributed by atoms with Crippen molar-refractivity contribution in [3.63, 3.8) is 0 Å². The fourth-order valence-electron chi connectivity index (χ4n) is 1.51. The summed E-state index contributed by atoms with van der Waals surface area (Å²) in [6.45, 7) is 4.22. The van der Waals surface area contributed by atoms with Crippen LogP contribution in [0.4, 0.5) is 0 Å². The number of nitrogens with zero attached hydrogens (tertiary/aromatic N) is 2. The normalized spacial score (nSPS) is 15.5. The van der Waals surface area contributed by atoms with Crippen molar-refractivity contribution in [3.8, 4) is 0 Å². The molecule has 0 atom stereocenters. The highest BCUT2D eigenvalue weighted by Crippen LogP contribution is 2.17. The number of pyridine rings is 1. The van der Waals surface area contributed by atoms with Crippen LogP contribution in [0.1, 0.15) is 12.5 Å². The first-order valence-corrected chi connectivity index (χ1v) is 4.93. The zero-order valence-corrected chi connectivity index (χ0v) is 8.35. The summed E-state index contributed by atoms with van der Waals surface area (Å²) in [6, 6.07) is 4.06. The molecule has 1 aromatic rings. The molecule has 0 N–H and O–H groups in total. The Hall–Kier alpha value is -1.57. The van der Waals surface area contributed by atoms with E-state index < -0.39 is 0 Å². The summed E-state index contributed by atoms with van der Waals surface area (Å²) in [7, 11) is 0. The van der Waals surface area contributed by atoms with Gasteiger partial charge in [-0.15, -0.1) is 0 Å². The fraction of sp³-hybridized carbons (Fsp3) is 0.250. The van der Waals surface area contributed by atoms with Gasteiger partial charge < -0.3 is 4.90 Å². The molecule has 0 saturated heterocycles. The van der Waals surface area contributed by atoms with E-state index in [9.17, 15) is 0 Å². The number of likely N-dealkylation sites (N-methyl/N-ethyl adjacent to an activating group) is 1. The molecule has 0 aliphatic carbocycles. The standard InChI is InChI=1S/C12H14N2/c1-2-14-8-5-11(6-9-14)12-4-3-7-13-10-12/h3-8,10H,2,9H2,1H3. The van der Waals surface area contributed by atoms with Gasteiger partial charge in [0.25, 0.3) is 0 Å². The van der Waals surface area contributed by atoms with Crippen molar-refractivity contribution >= 4 is 5.57 Å². The molecule has 2 heteroatoms. The Morgan fingerprint density at radius 3 is 3.00 bits per heavy atom. The molecule has 0 radical (unpaired) electrons. The van der Waals surface area contributed by atoms with E-state index in [1.54, 1.807) is 6.20 Å². The summed E-state index contributed by atoms with van der Waals surface area (Å²) in [5, 5.41) is 0. The minimum Gasteiger partial charge on any atom is -0.374 e. The summed E-state index contributed by atoms with van der Waals surface area (Å²) in [5.41, 5.74) is 2.46. The van der Waals surface area contributed by atoms with Gasteiger partial charge in [0, 0.05) is 25.5 Å². The Kier molecular flexibility index (Phi) is 2.63. The third-order valence-electron chi connectivity index (χ3n) is 2.41. The monoisotopic (exact) mass is 186 g/mol. The summed E-state index contributed by atoms with van der Waals surface area (Å²) in [5.74, 6) is 0. The van der Waals surface area contributed by atoms with Crippen LogP contribution in [-0.2, 0) is 0 Å². The maximum absolute atomic E-state index is 4.11. The van der Waals surface area contributed by atoms with E-state index in [2.05, 4.69) is 41.2 Å². The van der Waals surface area contributed by atoms with Crippen LogP contribution in [0.15, 0.2) is 42.9 Å². The van der Waals surface area contributed by atoms with Gasteiger partial charge in [-0.3, -0.25) is 4.98 Å². The van der Waals surface area contributed by atoms with Gasteiger partial charge in [0.2, 0.25) is 0 Å². The van der Waals surface area contributed by atoms with Crippen molar-refractivity contribution in [3.05, 3.63) is 48.4 Å². The predicted octanol–water partition coefficient (Wildman–Crippen LogP) is 2.31. The molecule has 1 aromatic heterocycles. The summed E-state index contributed by atoms with van der Waals surface area (Å²) in [4.78, 5) is 6.37. The molecule has 0 bridgehead atoms. The first-order valence-electron chi connectivity index (χ1n) is 4.93. The number of aromatic nitrogens is 1. The smallest absolute Gasteiger partial charge is 0.0362 e. The lowest BCUT2D eigenvalue weighted by atomic mass is 10.1. The predicted molar refractivity (Wildman–Crippen MR) is 58.6 cm³/mol. The maximum atomic E-state index is 4.11. The van der Waals surface area contributed by atoms with Crippen LogP contribution in [0.3, 0.4) is 0 Å². The molecule has 14 heavy (non-hydrogen) atoms. The van der Waals surface area contributed by atoms with Gasteiger partial charge in [0.1, 0.15) is 0 Å². The highest BCUT2D eigenvalue weighted by molar-refractivity contribution is 5.74. The SMILES string of the molecule is CCN1C=CC(c2cccnc2)=CC1. The quantitative estimate of drug-likeness (QED) is 0.704. The van der Waals surface area contributed by atoms with Crippen LogP contribution < -0.4 is 0 Å². The largest absolute Gasteiger partial charge is 0.374 e. The Morgan fingerprint density at radius 2 is 2.43 bits per heavy atom. The number of rotatable bonds is 2. The highest BCUT2D eigenvalue weighted by Gasteiger charge is 2.03. The van der Waals surface area contributed by atoms with Crippen LogP contribution in [0.2, 0.25) is 0 Å². The van der Waals surface area contributed by atoms with Crippen LogP contribution in [0, 0.1) is 0 Å². The molecule has 2 rings (SSSR count). The third-order valence-corrected chi connectivity index (χ3v) is 2.41. The van der Waals surface area contributed by atoms with Gasteiger partial charge in [0.05, 0.1) is 0 Å². The summed E-state index contributed by atoms with van der Waals surface area (Å²) < 4.78 is 0. The maximum Gasteiger partial charge on any atom is 0.0362 e. The van der Waals surface area contributed by atoms with E-state index in [4.69, 9.17) is 0 Å². The molecule has 0 amide bonds. The van der Waals surface area contributed by atoms with Crippen LogP contribution in [0.5, 0.6) is 0 Å². The highest BCUT2D eigenvalue weighted by atomic mass is 15.1. The Balaban J connectivity index is 2.16. The van der Waals surface area contributed by atoms with E-state index in [0.717, 1.165) is 13.1 Å². The molecule has 0 fully saturated rings. The fourth-order valence-corrected chi connectivity index (χ4v) is 1.51. The molecule has 1 aliphatic heterocycles. The molecule has 2 heterocycles. The molecule has 0 saturated carbocycles. The van der Waals surface area contributed by atoms with Crippen molar-refractivity contribution in [2.45, 2.75) is 6.92 Å². The topological polar surface area (TPSA) is 16.1 Å². The second kappa shape index (κ2) is 4.09. The second-order valence-corrected chi connectivity index (χ2v) is 3.30. The summed E-state index contributed by atoms with van der Waals surface area (Å²) in [6.07, 6.45) is 10.2. The number of hydrogen-bond donors (Lipinski definition) is 0. The van der Waals surface area contributed by atoms with Gasteiger partial charge in [-0.2, -0.15) is 0 Å². The van der Waals surface area contributed by atoms with Gasteiger partial charge >= 0.3 is 0 Å². The Morgan fingerprint density at radius 1 is 1.50 bits per heavy atom. The average molecular weight is 186 g/mol. The van der Waals surface area contributed by atoms with Gasteiger partial charge in [-0.1, -0.05) is 12.1 Å². The number of hydrogen-bond acceptors (Lipinski definition) is 2. The first-order chi connectivity index (χ1) is 6.90. The van der Waals surface area contributed by atoms with Crippen molar-refractivity contribution in [1.29, 1.82) is 0 Å². The van der Waals surface area contributed by atoms with Crippen LogP contribution in [0.25, 0.3) is 5.57 Å². The average Bonchev–Trinajstić information content (AvgIpc) is 2.30. The molecule has 0 spiro atoms. The van der Waals surface area contributed by atoms with E-state index in [1.165, 1.54) is 11.1 Å². The lowest BCUT2D eigenvalue weighted by molar-refractivity contribution is 0.437. The molecular formula is C12H14N2. The third kappa shape index (κ3) is 1.84. The van der Waals surface area contributed by atoms with E-state index in [0.29, 0.717) is 0 Å². The lowest BCUT2D eigenvalue weighted by Crippen LogP contribution is -2.18. The zero-order valence-electron chi connectivity index (χ0n) is 8.35. The zero-order chi connectivity index (χ0) is 9.80. The summed E-state index contributed by atoms with van der Waals surface area (Å²) >= 11 is 0. The molecule has 72 valence electrons. The van der Waals surface area contributed by atoms with Gasteiger partial charge in [0.15, 0.2) is 0 Å². The van der Waals surface area contributed by atoms with Crippen molar-refractivity contribution in [2.24, 2.45) is 0 Å². The van der Waals surface area contributed by atoms with Crippen LogP contribution in [-0.4, -0.2) is 23.0 Å². The van der Waals surface area contributed by atoms with E-state index >= 15 is 0 Å². The Bertz CT molecular complexity index is 352. The molecule has 0 aromatic carbocycles. The second-order valence-electron chi connectivity index (χ2n) is 3.30. The van der Waals surface area contributed by atoms with Gasteiger partial charge in [-0.05, 0) is 36.4 Å². The molecule has 0 unspecified atom stereocenters. The van der Waals surface area contributed by atoms with E-state index in [-0.39, 0.29) is 0 Å². The molecular weight excluding hydrogens is 172 g/mol. The minimum atomic E-state index is 0.997. The molecule has 2 nitrogen and oxygen atoms in total. The lowest BCUT2D eigenvalue weighted by Gasteiger charge is -2.20. The molecule has 1 aliphatic rings. The number of allylic oxidation sites excluding steroid dienone is 2. The van der Waals surface area contributed by atoms with Gasteiger partial charge in [-0.25, -0.2) is 0 Å². The van der Waals surface area contributed by atoms with Crippen molar-refractivity contribution in [2.75, 3.05) is 13.1 Å². The van der Waals surface area contributed by atoms with Crippen molar-refractivity contribution in [1.82, 2.24) is 9.88 Å². The van der Waals surface area contributed by atoms with Crippen LogP contribution >= 0.6 is 0 Å². The van der Waals surface area contributed by atoms with Crippen molar-refractivity contribution < 1.29 is 0 Å². The Labute approximate surface area is 84.6 Å².